The van der Waals surface area contributed by atoms with Gasteiger partial charge in [0.15, 0.2) is 0 Å². The van der Waals surface area contributed by atoms with Crippen molar-refractivity contribution in [3.8, 4) is 0 Å². The Morgan fingerprint density at radius 2 is 1.77 bits per heavy atom. The van der Waals surface area contributed by atoms with E-state index in [4.69, 9.17) is 4.55 Å². The standard InChI is InChI=1S/C7H9NO3S.Na/c9-12(10,11)6-8-7-4-2-1-3-5-7;/h1-5,8H,6H2,(H,9,10,11);. The van der Waals surface area contributed by atoms with E-state index in [-0.39, 0.29) is 29.6 Å². The van der Waals surface area contributed by atoms with Crippen LogP contribution in [0.1, 0.15) is 0 Å². The Hall–Kier alpha value is -0.0700. The maximum atomic E-state index is 10.3. The first-order valence-electron chi connectivity index (χ1n) is 3.32. The van der Waals surface area contributed by atoms with Gasteiger partial charge in [-0.1, -0.05) is 18.2 Å². The van der Waals surface area contributed by atoms with E-state index in [1.165, 1.54) is 0 Å². The summed E-state index contributed by atoms with van der Waals surface area (Å²) in [5, 5.41) is 2.55. The van der Waals surface area contributed by atoms with Gasteiger partial charge in [0.2, 0.25) is 0 Å². The van der Waals surface area contributed by atoms with Crippen molar-refractivity contribution in [2.24, 2.45) is 0 Å². The van der Waals surface area contributed by atoms with Gasteiger partial charge in [-0.05, 0) is 12.1 Å². The van der Waals surface area contributed by atoms with Crippen LogP contribution < -0.4 is 5.32 Å². The monoisotopic (exact) mass is 210 g/mol. The second kappa shape index (κ2) is 5.62. The molecule has 1 radical (unpaired) electrons. The molecule has 0 aliphatic heterocycles. The van der Waals surface area contributed by atoms with E-state index in [0.29, 0.717) is 5.69 Å². The van der Waals surface area contributed by atoms with Gasteiger partial charge in [0.1, 0.15) is 5.88 Å². The smallest absolute Gasteiger partial charge is 0.283 e. The average molecular weight is 210 g/mol. The Morgan fingerprint density at radius 1 is 1.23 bits per heavy atom. The Kier molecular flexibility index (Phi) is 5.59. The maximum absolute atomic E-state index is 10.3. The molecule has 0 amide bonds. The van der Waals surface area contributed by atoms with Gasteiger partial charge < -0.3 is 5.32 Å². The molecule has 0 aliphatic carbocycles. The summed E-state index contributed by atoms with van der Waals surface area (Å²) in [4.78, 5) is 0. The van der Waals surface area contributed by atoms with E-state index in [0.717, 1.165) is 0 Å². The molecule has 0 saturated carbocycles. The summed E-state index contributed by atoms with van der Waals surface area (Å²) >= 11 is 0. The van der Waals surface area contributed by atoms with Crippen molar-refractivity contribution in [1.82, 2.24) is 0 Å². The summed E-state index contributed by atoms with van der Waals surface area (Å²) < 4.78 is 29.0. The molecule has 0 fully saturated rings. The number of rotatable bonds is 3. The van der Waals surface area contributed by atoms with Crippen molar-refractivity contribution in [3.05, 3.63) is 30.3 Å². The molecule has 0 aliphatic rings. The van der Waals surface area contributed by atoms with E-state index >= 15 is 0 Å². The van der Waals surface area contributed by atoms with Crippen molar-refractivity contribution < 1.29 is 13.0 Å². The molecule has 2 N–H and O–H groups in total. The van der Waals surface area contributed by atoms with Crippen LogP contribution in [0, 0.1) is 0 Å². The number of para-hydroxylation sites is 1. The molecule has 4 nitrogen and oxygen atoms in total. The van der Waals surface area contributed by atoms with E-state index in [2.05, 4.69) is 5.32 Å². The zero-order valence-corrected chi connectivity index (χ0v) is 10.1. The van der Waals surface area contributed by atoms with Crippen LogP contribution in [-0.2, 0) is 10.1 Å². The summed E-state index contributed by atoms with van der Waals surface area (Å²) in [6.45, 7) is 0. The summed E-state index contributed by atoms with van der Waals surface area (Å²) in [5.41, 5.74) is 0.662. The van der Waals surface area contributed by atoms with Crippen LogP contribution in [0.15, 0.2) is 30.3 Å². The Bertz CT molecular complexity index is 338. The number of anilines is 1. The summed E-state index contributed by atoms with van der Waals surface area (Å²) in [6, 6.07) is 8.79. The number of benzene rings is 1. The zero-order chi connectivity index (χ0) is 9.03. The normalized spacial score (nSPS) is 10.2. The third-order valence-corrected chi connectivity index (χ3v) is 1.74. The number of nitrogens with one attached hydrogen (secondary N) is 1. The topological polar surface area (TPSA) is 66.4 Å². The van der Waals surface area contributed by atoms with E-state index in [1.54, 1.807) is 24.3 Å². The largest absolute Gasteiger partial charge is 0.370 e. The van der Waals surface area contributed by atoms with Crippen LogP contribution in [0.5, 0.6) is 0 Å². The fraction of sp³-hybridized carbons (Fsp3) is 0.143. The number of hydrogen-bond donors (Lipinski definition) is 2. The predicted molar refractivity (Wildman–Crippen MR) is 52.2 cm³/mol. The molecule has 67 valence electrons. The van der Waals surface area contributed by atoms with Crippen LogP contribution in [-0.4, -0.2) is 48.4 Å². The van der Waals surface area contributed by atoms with Crippen molar-refractivity contribution in [2.75, 3.05) is 11.2 Å². The Labute approximate surface area is 99.4 Å². The van der Waals surface area contributed by atoms with Gasteiger partial charge in [-0.3, -0.25) is 4.55 Å². The second-order valence-electron chi connectivity index (χ2n) is 2.27. The second-order valence-corrected chi connectivity index (χ2v) is 3.72. The predicted octanol–water partition coefficient (Wildman–Crippen LogP) is 0.563. The Morgan fingerprint density at radius 3 is 2.23 bits per heavy atom. The summed E-state index contributed by atoms with van der Waals surface area (Å²) in [6.07, 6.45) is 0. The summed E-state index contributed by atoms with van der Waals surface area (Å²) in [7, 11) is -3.93. The van der Waals surface area contributed by atoms with Crippen LogP contribution in [0.3, 0.4) is 0 Å². The van der Waals surface area contributed by atoms with Crippen LogP contribution in [0.2, 0.25) is 0 Å². The van der Waals surface area contributed by atoms with Gasteiger partial charge >= 0.3 is 0 Å². The SMILES string of the molecule is O=S(=O)(O)CNc1ccccc1.[Na]. The van der Waals surface area contributed by atoms with Crippen LogP contribution >= 0.6 is 0 Å². The van der Waals surface area contributed by atoms with Crippen molar-refractivity contribution in [3.63, 3.8) is 0 Å². The van der Waals surface area contributed by atoms with Gasteiger partial charge in [0.05, 0.1) is 0 Å². The molecule has 0 saturated heterocycles. The van der Waals surface area contributed by atoms with E-state index in [9.17, 15) is 8.42 Å². The quantitative estimate of drug-likeness (QED) is 0.565. The average Bonchev–Trinajstić information content (AvgIpc) is 2.02. The molecule has 1 aromatic carbocycles. The first-order valence-corrected chi connectivity index (χ1v) is 4.93. The molecule has 13 heavy (non-hydrogen) atoms. The molecule has 0 unspecified atom stereocenters. The molecule has 1 aromatic rings. The molecule has 0 heterocycles. The molecular weight excluding hydrogens is 201 g/mol. The van der Waals surface area contributed by atoms with Crippen molar-refractivity contribution >= 4 is 45.4 Å². The van der Waals surface area contributed by atoms with Gasteiger partial charge in [-0.2, -0.15) is 8.42 Å². The molecule has 0 aromatic heterocycles. The van der Waals surface area contributed by atoms with Crippen molar-refractivity contribution in [1.29, 1.82) is 0 Å². The minimum atomic E-state index is -3.93. The zero-order valence-electron chi connectivity index (χ0n) is 7.27. The van der Waals surface area contributed by atoms with Crippen LogP contribution in [0.4, 0.5) is 5.69 Å². The first-order chi connectivity index (χ1) is 5.58. The first kappa shape index (κ1) is 12.9. The van der Waals surface area contributed by atoms with Crippen LogP contribution in [0.25, 0.3) is 0 Å². The van der Waals surface area contributed by atoms with E-state index < -0.39 is 16.0 Å². The van der Waals surface area contributed by atoms with Crippen molar-refractivity contribution in [2.45, 2.75) is 0 Å². The van der Waals surface area contributed by atoms with Gasteiger partial charge in [-0.15, -0.1) is 0 Å². The van der Waals surface area contributed by atoms with Gasteiger partial charge in [0.25, 0.3) is 10.1 Å². The minimum Gasteiger partial charge on any atom is -0.370 e. The van der Waals surface area contributed by atoms with E-state index in [1.807, 2.05) is 6.07 Å². The summed E-state index contributed by atoms with van der Waals surface area (Å²) in [5.74, 6) is -0.461. The van der Waals surface area contributed by atoms with Gasteiger partial charge in [0, 0.05) is 35.2 Å². The molecular formula is C7H9NNaO3S. The molecule has 0 atom stereocenters. The Balaban J connectivity index is 0.00000144. The third kappa shape index (κ3) is 6.06. The fourth-order valence-corrected chi connectivity index (χ4v) is 1.08. The number of hydrogen-bond acceptors (Lipinski definition) is 3. The maximum Gasteiger partial charge on any atom is 0.283 e. The van der Waals surface area contributed by atoms with Gasteiger partial charge in [-0.25, -0.2) is 0 Å². The minimum absolute atomic E-state index is 0. The third-order valence-electron chi connectivity index (χ3n) is 1.23. The fourth-order valence-electron chi connectivity index (χ4n) is 0.731. The molecule has 6 heteroatoms. The molecule has 1 rings (SSSR count). The molecule has 0 spiro atoms. The molecule has 0 bridgehead atoms.